The van der Waals surface area contributed by atoms with E-state index in [1.807, 2.05) is 0 Å². The van der Waals surface area contributed by atoms with Crippen LogP contribution in [0.15, 0.2) is 42.5 Å². The molecule has 0 radical (unpaired) electrons. The topological polar surface area (TPSA) is 75.5 Å². The van der Waals surface area contributed by atoms with Crippen molar-refractivity contribution in [2.45, 2.75) is 32.7 Å². The Morgan fingerprint density at radius 1 is 1.15 bits per heavy atom. The Hall–Kier alpha value is -2.73. The number of hydrogen-bond donors (Lipinski definition) is 1. The Bertz CT molecular complexity index is 827. The Kier molecular flexibility index (Phi) is 5.86. The molecule has 6 heteroatoms. The highest BCUT2D eigenvalue weighted by Crippen LogP contribution is 2.25. The van der Waals surface area contributed by atoms with Crippen LogP contribution in [0.25, 0.3) is 0 Å². The molecule has 1 saturated heterocycles. The fraction of sp³-hybridized carbons (Fsp3) is 0.381. The van der Waals surface area contributed by atoms with E-state index < -0.39 is 4.92 Å². The summed E-state index contributed by atoms with van der Waals surface area (Å²) in [5, 5.41) is 13.9. The molecule has 1 amide bonds. The van der Waals surface area contributed by atoms with Crippen molar-refractivity contribution in [3.63, 3.8) is 0 Å². The monoisotopic (exact) mass is 367 g/mol. The number of aryl methyl sites for hydroxylation is 2. The molecular weight excluding hydrogens is 342 g/mol. The number of hydrogen-bond acceptors (Lipinski definition) is 4. The number of rotatable bonds is 6. The molecule has 1 unspecified atom stereocenters. The Morgan fingerprint density at radius 2 is 1.81 bits per heavy atom. The summed E-state index contributed by atoms with van der Waals surface area (Å²) < 4.78 is 0. The molecule has 0 spiro atoms. The maximum atomic E-state index is 12.7. The van der Waals surface area contributed by atoms with E-state index in [1.165, 1.54) is 42.2 Å². The molecule has 1 atom stereocenters. The number of nitrogens with one attached hydrogen (secondary N) is 1. The molecule has 0 aliphatic carbocycles. The van der Waals surface area contributed by atoms with E-state index in [2.05, 4.69) is 41.4 Å². The molecule has 3 rings (SSSR count). The summed E-state index contributed by atoms with van der Waals surface area (Å²) in [6.45, 7) is 6.36. The first kappa shape index (κ1) is 19.0. The van der Waals surface area contributed by atoms with Gasteiger partial charge in [0.1, 0.15) is 0 Å². The van der Waals surface area contributed by atoms with Gasteiger partial charge in [-0.1, -0.05) is 29.8 Å². The average molecular weight is 367 g/mol. The first-order valence-electron chi connectivity index (χ1n) is 9.29. The van der Waals surface area contributed by atoms with Crippen LogP contribution in [0, 0.1) is 24.0 Å². The number of non-ortho nitro benzene ring substituents is 1. The van der Waals surface area contributed by atoms with Crippen LogP contribution in [-0.4, -0.2) is 35.4 Å². The summed E-state index contributed by atoms with van der Waals surface area (Å²) in [6.07, 6.45) is 2.36. The van der Waals surface area contributed by atoms with Crippen LogP contribution in [0.4, 0.5) is 5.69 Å². The molecule has 2 aromatic rings. The Labute approximate surface area is 159 Å². The van der Waals surface area contributed by atoms with Gasteiger partial charge in [0.15, 0.2) is 0 Å². The fourth-order valence-corrected chi connectivity index (χ4v) is 3.60. The molecular formula is C21H25N3O3. The van der Waals surface area contributed by atoms with E-state index in [-0.39, 0.29) is 17.6 Å². The molecule has 1 heterocycles. The number of benzene rings is 2. The molecule has 1 N–H and O–H groups in total. The highest BCUT2D eigenvalue weighted by Gasteiger charge is 2.24. The third-order valence-electron chi connectivity index (χ3n) is 5.16. The van der Waals surface area contributed by atoms with Gasteiger partial charge >= 0.3 is 0 Å². The predicted octanol–water partition coefficient (Wildman–Crippen LogP) is 3.78. The lowest BCUT2D eigenvalue weighted by molar-refractivity contribution is -0.384. The van der Waals surface area contributed by atoms with Crippen molar-refractivity contribution < 1.29 is 9.72 Å². The second-order valence-corrected chi connectivity index (χ2v) is 7.14. The van der Waals surface area contributed by atoms with Crippen molar-refractivity contribution in [3.8, 4) is 0 Å². The van der Waals surface area contributed by atoms with E-state index in [9.17, 15) is 14.9 Å². The highest BCUT2D eigenvalue weighted by atomic mass is 16.6. The fourth-order valence-electron chi connectivity index (χ4n) is 3.60. The zero-order valence-corrected chi connectivity index (χ0v) is 15.8. The molecule has 6 nitrogen and oxygen atoms in total. The summed E-state index contributed by atoms with van der Waals surface area (Å²) in [4.78, 5) is 25.5. The van der Waals surface area contributed by atoms with Crippen LogP contribution in [0.5, 0.6) is 0 Å². The van der Waals surface area contributed by atoms with Crippen molar-refractivity contribution >= 4 is 11.6 Å². The van der Waals surface area contributed by atoms with E-state index in [1.54, 1.807) is 6.92 Å². The van der Waals surface area contributed by atoms with Crippen LogP contribution in [-0.2, 0) is 0 Å². The maximum Gasteiger partial charge on any atom is 0.269 e. The number of nitrogens with zero attached hydrogens (tertiary/aromatic N) is 2. The van der Waals surface area contributed by atoms with E-state index in [0.29, 0.717) is 17.7 Å². The van der Waals surface area contributed by atoms with E-state index >= 15 is 0 Å². The summed E-state index contributed by atoms with van der Waals surface area (Å²) in [5.41, 5.74) is 3.49. The van der Waals surface area contributed by atoms with Crippen molar-refractivity contribution in [1.82, 2.24) is 10.2 Å². The zero-order chi connectivity index (χ0) is 19.4. The standard InChI is InChI=1S/C21H25N3O3/c1-15-5-7-17(8-6-15)20(23-11-3-4-12-23)14-22-21(25)19-10-9-18(24(26)27)13-16(19)2/h5-10,13,20H,3-4,11-12,14H2,1-2H3,(H,22,25). The van der Waals surface area contributed by atoms with Gasteiger partial charge < -0.3 is 5.32 Å². The van der Waals surface area contributed by atoms with Crippen LogP contribution in [0.1, 0.15) is 45.9 Å². The Balaban J connectivity index is 1.74. The lowest BCUT2D eigenvalue weighted by atomic mass is 10.0. The summed E-state index contributed by atoms with van der Waals surface area (Å²) in [7, 11) is 0. The van der Waals surface area contributed by atoms with Crippen molar-refractivity contribution in [1.29, 1.82) is 0 Å². The van der Waals surface area contributed by atoms with E-state index in [4.69, 9.17) is 0 Å². The summed E-state index contributed by atoms with van der Waals surface area (Å²) in [6, 6.07) is 12.9. The minimum Gasteiger partial charge on any atom is -0.350 e. The van der Waals surface area contributed by atoms with Crippen LogP contribution < -0.4 is 5.32 Å². The van der Waals surface area contributed by atoms with Gasteiger partial charge in [-0.15, -0.1) is 0 Å². The number of carbonyl (C=O) groups is 1. The van der Waals surface area contributed by atoms with Gasteiger partial charge in [0.05, 0.1) is 11.0 Å². The van der Waals surface area contributed by atoms with Gasteiger partial charge in [0.2, 0.25) is 0 Å². The lowest BCUT2D eigenvalue weighted by Crippen LogP contribution is -2.37. The largest absolute Gasteiger partial charge is 0.350 e. The molecule has 2 aromatic carbocycles. The van der Waals surface area contributed by atoms with Crippen molar-refractivity contribution in [2.24, 2.45) is 0 Å². The van der Waals surface area contributed by atoms with Crippen molar-refractivity contribution in [3.05, 3.63) is 74.8 Å². The number of nitro benzene ring substituents is 1. The molecule has 27 heavy (non-hydrogen) atoms. The minimum absolute atomic E-state index is 0.00125. The van der Waals surface area contributed by atoms with Gasteiger partial charge in [-0.05, 0) is 57.0 Å². The molecule has 0 aromatic heterocycles. The second-order valence-electron chi connectivity index (χ2n) is 7.14. The van der Waals surface area contributed by atoms with Crippen LogP contribution >= 0.6 is 0 Å². The summed E-state index contributed by atoms with van der Waals surface area (Å²) >= 11 is 0. The van der Waals surface area contributed by atoms with E-state index in [0.717, 1.165) is 13.1 Å². The molecule has 1 aliphatic rings. The van der Waals surface area contributed by atoms with Gasteiger partial charge in [-0.3, -0.25) is 19.8 Å². The van der Waals surface area contributed by atoms with Gasteiger partial charge in [-0.25, -0.2) is 0 Å². The van der Waals surface area contributed by atoms with Gasteiger partial charge in [-0.2, -0.15) is 0 Å². The highest BCUT2D eigenvalue weighted by molar-refractivity contribution is 5.95. The molecule has 1 fully saturated rings. The minimum atomic E-state index is -0.449. The summed E-state index contributed by atoms with van der Waals surface area (Å²) in [5.74, 6) is -0.196. The molecule has 0 bridgehead atoms. The van der Waals surface area contributed by atoms with Gasteiger partial charge in [0.25, 0.3) is 11.6 Å². The van der Waals surface area contributed by atoms with Crippen LogP contribution in [0.3, 0.4) is 0 Å². The third-order valence-corrected chi connectivity index (χ3v) is 5.16. The smallest absolute Gasteiger partial charge is 0.269 e. The molecule has 1 aliphatic heterocycles. The van der Waals surface area contributed by atoms with Gasteiger partial charge in [0, 0.05) is 24.2 Å². The lowest BCUT2D eigenvalue weighted by Gasteiger charge is -2.28. The average Bonchev–Trinajstić information content (AvgIpc) is 3.17. The number of carbonyl (C=O) groups excluding carboxylic acids is 1. The first-order valence-corrected chi connectivity index (χ1v) is 9.29. The number of likely N-dealkylation sites (tertiary alicyclic amines) is 1. The first-order chi connectivity index (χ1) is 13.0. The second kappa shape index (κ2) is 8.31. The quantitative estimate of drug-likeness (QED) is 0.623. The number of amides is 1. The maximum absolute atomic E-state index is 12.7. The number of nitro groups is 1. The Morgan fingerprint density at radius 3 is 2.41 bits per heavy atom. The predicted molar refractivity (Wildman–Crippen MR) is 105 cm³/mol. The SMILES string of the molecule is Cc1ccc(C(CNC(=O)c2ccc([N+](=O)[O-])cc2C)N2CCCC2)cc1. The third kappa shape index (κ3) is 4.52. The zero-order valence-electron chi connectivity index (χ0n) is 15.8. The van der Waals surface area contributed by atoms with Crippen LogP contribution in [0.2, 0.25) is 0 Å². The van der Waals surface area contributed by atoms with Crippen molar-refractivity contribution in [2.75, 3.05) is 19.6 Å². The molecule has 142 valence electrons. The molecule has 0 saturated carbocycles. The normalized spacial score (nSPS) is 15.5.